The molecule has 0 saturated carbocycles. The lowest BCUT2D eigenvalue weighted by Crippen LogP contribution is -2.40. The molecule has 3 rings (SSSR count). The van der Waals surface area contributed by atoms with Gasteiger partial charge in [-0.3, -0.25) is 4.79 Å². The highest BCUT2D eigenvalue weighted by Gasteiger charge is 2.26. The van der Waals surface area contributed by atoms with Crippen LogP contribution in [0.25, 0.3) is 0 Å². The van der Waals surface area contributed by atoms with Crippen LogP contribution in [0.5, 0.6) is 11.5 Å². The van der Waals surface area contributed by atoms with E-state index in [-0.39, 0.29) is 10.8 Å². The summed E-state index contributed by atoms with van der Waals surface area (Å²) < 4.78 is 42.5. The SMILES string of the molecule is COc1cc(C)c(NC(=O)c2ccc(S(=O)(=O)N3CCOCC3)cc2)cc1OC. The molecule has 0 aromatic heterocycles. The first kappa shape index (κ1) is 21.1. The molecule has 1 heterocycles. The van der Waals surface area contributed by atoms with Gasteiger partial charge in [-0.05, 0) is 42.8 Å². The van der Waals surface area contributed by atoms with Crippen molar-refractivity contribution in [3.63, 3.8) is 0 Å². The van der Waals surface area contributed by atoms with E-state index in [9.17, 15) is 13.2 Å². The number of hydrogen-bond acceptors (Lipinski definition) is 6. The Kier molecular flexibility index (Phi) is 6.41. The van der Waals surface area contributed by atoms with Crippen LogP contribution >= 0.6 is 0 Å². The fraction of sp³-hybridized carbons (Fsp3) is 0.350. The Bertz CT molecular complexity index is 983. The quantitative estimate of drug-likeness (QED) is 0.771. The number of rotatable bonds is 6. The number of ether oxygens (including phenoxy) is 3. The van der Waals surface area contributed by atoms with Crippen LogP contribution in [-0.2, 0) is 14.8 Å². The van der Waals surface area contributed by atoms with E-state index in [4.69, 9.17) is 14.2 Å². The highest BCUT2D eigenvalue weighted by atomic mass is 32.2. The number of benzene rings is 2. The van der Waals surface area contributed by atoms with Gasteiger partial charge in [0.05, 0.1) is 32.3 Å². The minimum Gasteiger partial charge on any atom is -0.493 e. The van der Waals surface area contributed by atoms with Crippen LogP contribution in [0.2, 0.25) is 0 Å². The maximum Gasteiger partial charge on any atom is 0.255 e. The van der Waals surface area contributed by atoms with Gasteiger partial charge in [0.1, 0.15) is 0 Å². The van der Waals surface area contributed by atoms with Crippen LogP contribution in [0, 0.1) is 6.92 Å². The van der Waals surface area contributed by atoms with E-state index in [0.29, 0.717) is 49.1 Å². The summed E-state index contributed by atoms with van der Waals surface area (Å²) in [7, 11) is -0.532. The van der Waals surface area contributed by atoms with Crippen LogP contribution in [-0.4, -0.2) is 59.2 Å². The molecular weight excluding hydrogens is 396 g/mol. The third kappa shape index (κ3) is 4.52. The molecule has 9 heteroatoms. The number of carbonyl (C=O) groups excluding carboxylic acids is 1. The third-order valence-electron chi connectivity index (χ3n) is 4.70. The van der Waals surface area contributed by atoms with Crippen molar-refractivity contribution in [3.05, 3.63) is 47.5 Å². The zero-order valence-electron chi connectivity index (χ0n) is 16.6. The van der Waals surface area contributed by atoms with E-state index in [2.05, 4.69) is 5.32 Å². The molecule has 1 aliphatic rings. The number of anilines is 1. The fourth-order valence-corrected chi connectivity index (χ4v) is 4.43. The summed E-state index contributed by atoms with van der Waals surface area (Å²) in [5.41, 5.74) is 1.74. The Morgan fingerprint density at radius 3 is 2.21 bits per heavy atom. The Morgan fingerprint density at radius 2 is 1.62 bits per heavy atom. The number of aryl methyl sites for hydroxylation is 1. The lowest BCUT2D eigenvalue weighted by atomic mass is 10.1. The van der Waals surface area contributed by atoms with Crippen molar-refractivity contribution in [3.8, 4) is 11.5 Å². The van der Waals surface area contributed by atoms with Crippen LogP contribution < -0.4 is 14.8 Å². The molecule has 1 aliphatic heterocycles. The summed E-state index contributed by atoms with van der Waals surface area (Å²) in [6.45, 7) is 3.25. The average Bonchev–Trinajstić information content (AvgIpc) is 2.75. The maximum absolute atomic E-state index is 12.7. The number of amides is 1. The molecular formula is C20H24N2O6S. The Hall–Kier alpha value is -2.62. The molecule has 156 valence electrons. The normalized spacial score (nSPS) is 15.0. The molecule has 0 bridgehead atoms. The molecule has 0 radical (unpaired) electrons. The van der Waals surface area contributed by atoms with E-state index in [1.807, 2.05) is 6.92 Å². The zero-order valence-corrected chi connectivity index (χ0v) is 17.4. The van der Waals surface area contributed by atoms with Gasteiger partial charge in [0.15, 0.2) is 11.5 Å². The van der Waals surface area contributed by atoms with E-state index in [1.165, 1.54) is 35.7 Å². The van der Waals surface area contributed by atoms with Crippen molar-refractivity contribution in [2.45, 2.75) is 11.8 Å². The van der Waals surface area contributed by atoms with Crippen molar-refractivity contribution in [1.29, 1.82) is 0 Å². The van der Waals surface area contributed by atoms with E-state index < -0.39 is 10.0 Å². The molecule has 1 N–H and O–H groups in total. The second-order valence-electron chi connectivity index (χ2n) is 6.52. The van der Waals surface area contributed by atoms with Gasteiger partial charge < -0.3 is 19.5 Å². The van der Waals surface area contributed by atoms with Crippen LogP contribution in [0.4, 0.5) is 5.69 Å². The predicted molar refractivity (Wildman–Crippen MR) is 108 cm³/mol. The van der Waals surface area contributed by atoms with Gasteiger partial charge in [-0.25, -0.2) is 8.42 Å². The summed E-state index contributed by atoms with van der Waals surface area (Å²) in [6.07, 6.45) is 0. The topological polar surface area (TPSA) is 94.2 Å². The number of carbonyl (C=O) groups is 1. The molecule has 8 nitrogen and oxygen atoms in total. The van der Waals surface area contributed by atoms with Gasteiger partial charge >= 0.3 is 0 Å². The molecule has 0 atom stereocenters. The van der Waals surface area contributed by atoms with Gasteiger partial charge in [0.25, 0.3) is 5.91 Å². The third-order valence-corrected chi connectivity index (χ3v) is 6.62. The highest BCUT2D eigenvalue weighted by molar-refractivity contribution is 7.89. The number of nitrogens with zero attached hydrogens (tertiary/aromatic N) is 1. The standard InChI is InChI=1S/C20H24N2O6S/c1-14-12-18(26-2)19(27-3)13-17(14)21-20(23)15-4-6-16(7-5-15)29(24,25)22-8-10-28-11-9-22/h4-7,12-13H,8-11H2,1-3H3,(H,21,23). The number of morpholine rings is 1. The molecule has 1 fully saturated rings. The van der Waals surface area contributed by atoms with Crippen molar-refractivity contribution < 1.29 is 27.4 Å². The molecule has 0 aliphatic carbocycles. The van der Waals surface area contributed by atoms with Crippen LogP contribution in [0.3, 0.4) is 0 Å². The summed E-state index contributed by atoms with van der Waals surface area (Å²) >= 11 is 0. The second-order valence-corrected chi connectivity index (χ2v) is 8.46. The second kappa shape index (κ2) is 8.81. The minimum absolute atomic E-state index is 0.151. The smallest absolute Gasteiger partial charge is 0.255 e. The Balaban J connectivity index is 1.77. The van der Waals surface area contributed by atoms with Gasteiger partial charge in [0.2, 0.25) is 10.0 Å². The number of nitrogens with one attached hydrogen (secondary N) is 1. The van der Waals surface area contributed by atoms with Gasteiger partial charge in [0, 0.05) is 30.4 Å². The number of sulfonamides is 1. The average molecular weight is 420 g/mol. The van der Waals surface area contributed by atoms with E-state index >= 15 is 0 Å². The molecule has 0 unspecified atom stereocenters. The summed E-state index contributed by atoms with van der Waals surface area (Å²) in [5.74, 6) is 0.719. The molecule has 29 heavy (non-hydrogen) atoms. The summed E-state index contributed by atoms with van der Waals surface area (Å²) in [6, 6.07) is 9.34. The molecule has 1 saturated heterocycles. The number of methoxy groups -OCH3 is 2. The zero-order chi connectivity index (χ0) is 21.0. The lowest BCUT2D eigenvalue weighted by molar-refractivity contribution is 0.0730. The van der Waals surface area contributed by atoms with E-state index in [0.717, 1.165) is 5.56 Å². The van der Waals surface area contributed by atoms with Gasteiger partial charge in [-0.2, -0.15) is 4.31 Å². The van der Waals surface area contributed by atoms with Crippen LogP contribution in [0.1, 0.15) is 15.9 Å². The first-order valence-electron chi connectivity index (χ1n) is 9.08. The molecule has 2 aromatic rings. The van der Waals surface area contributed by atoms with Crippen molar-refractivity contribution in [2.75, 3.05) is 45.8 Å². The monoisotopic (exact) mass is 420 g/mol. The molecule has 2 aromatic carbocycles. The predicted octanol–water partition coefficient (Wildman–Crippen LogP) is 2.29. The first-order valence-corrected chi connectivity index (χ1v) is 10.5. The van der Waals surface area contributed by atoms with Crippen molar-refractivity contribution in [1.82, 2.24) is 4.31 Å². The van der Waals surface area contributed by atoms with Crippen molar-refractivity contribution in [2.24, 2.45) is 0 Å². The van der Waals surface area contributed by atoms with Crippen LogP contribution in [0.15, 0.2) is 41.3 Å². The fourth-order valence-electron chi connectivity index (χ4n) is 3.02. The largest absolute Gasteiger partial charge is 0.493 e. The Morgan fingerprint density at radius 1 is 1.03 bits per heavy atom. The minimum atomic E-state index is -3.60. The summed E-state index contributed by atoms with van der Waals surface area (Å²) in [4.78, 5) is 12.8. The molecule has 1 amide bonds. The Labute approximate surface area is 170 Å². The van der Waals surface area contributed by atoms with Gasteiger partial charge in [-0.1, -0.05) is 0 Å². The first-order chi connectivity index (χ1) is 13.9. The van der Waals surface area contributed by atoms with Crippen molar-refractivity contribution >= 4 is 21.6 Å². The lowest BCUT2D eigenvalue weighted by Gasteiger charge is -2.26. The van der Waals surface area contributed by atoms with Gasteiger partial charge in [-0.15, -0.1) is 0 Å². The highest BCUT2D eigenvalue weighted by Crippen LogP contribution is 2.33. The summed E-state index contributed by atoms with van der Waals surface area (Å²) in [5, 5.41) is 2.82. The maximum atomic E-state index is 12.7. The molecule has 0 spiro atoms. The van der Waals surface area contributed by atoms with E-state index in [1.54, 1.807) is 19.2 Å². The number of hydrogen-bond donors (Lipinski definition) is 1.